The number of rotatable bonds is 11. The zero-order valence-corrected chi connectivity index (χ0v) is 15.3. The quantitative estimate of drug-likeness (QED) is 0.193. The topological polar surface area (TPSA) is 208 Å². The number of hydrogen-bond acceptors (Lipinski definition) is 7. The number of nitrogens with two attached hydrogens (primary N) is 1. The molecule has 8 N–H and O–H groups in total. The average molecular weight is 390 g/mol. The second kappa shape index (κ2) is 11.1. The Hall–Kier alpha value is -2.73. The van der Waals surface area contributed by atoms with E-state index >= 15 is 0 Å². The molecule has 0 bridgehead atoms. The third-order valence-corrected chi connectivity index (χ3v) is 3.49. The van der Waals surface area contributed by atoms with Crippen molar-refractivity contribution in [2.45, 2.75) is 63.9 Å². The van der Waals surface area contributed by atoms with Crippen molar-refractivity contribution < 1.29 is 39.3 Å². The number of aliphatic hydroxyl groups excluding tert-OH is 1. The van der Waals surface area contributed by atoms with E-state index in [0.29, 0.717) is 0 Å². The summed E-state index contributed by atoms with van der Waals surface area (Å²) < 4.78 is 0. The molecule has 0 aromatic carbocycles. The van der Waals surface area contributed by atoms with Gasteiger partial charge in [0.15, 0.2) is 6.04 Å². The first-order valence-electron chi connectivity index (χ1n) is 8.16. The minimum Gasteiger partial charge on any atom is -0.481 e. The molecule has 27 heavy (non-hydrogen) atoms. The molecule has 0 saturated carbocycles. The van der Waals surface area contributed by atoms with Crippen LogP contribution in [-0.4, -0.2) is 75.3 Å². The van der Waals surface area contributed by atoms with E-state index in [2.05, 4.69) is 16.0 Å². The van der Waals surface area contributed by atoms with E-state index in [1.807, 2.05) is 0 Å². The van der Waals surface area contributed by atoms with Crippen LogP contribution in [0.15, 0.2) is 0 Å². The van der Waals surface area contributed by atoms with Crippen LogP contribution >= 0.6 is 0 Å². The first-order chi connectivity index (χ1) is 12.4. The Morgan fingerprint density at radius 1 is 0.889 bits per heavy atom. The number of amides is 3. The van der Waals surface area contributed by atoms with Crippen LogP contribution in [0.2, 0.25) is 0 Å². The van der Waals surface area contributed by atoms with E-state index in [-0.39, 0.29) is 6.42 Å². The van der Waals surface area contributed by atoms with Gasteiger partial charge in [-0.15, -0.1) is 0 Å². The molecular weight excluding hydrogens is 364 g/mol. The van der Waals surface area contributed by atoms with Crippen LogP contribution in [0.3, 0.4) is 0 Å². The summed E-state index contributed by atoms with van der Waals surface area (Å²) in [6.07, 6.45) is -2.02. The smallest absolute Gasteiger partial charge is 0.328 e. The van der Waals surface area contributed by atoms with Gasteiger partial charge in [-0.1, -0.05) is 0 Å². The molecule has 3 amide bonds. The van der Waals surface area contributed by atoms with Crippen molar-refractivity contribution in [2.75, 3.05) is 0 Å². The molecule has 0 aliphatic heterocycles. The highest BCUT2D eigenvalue weighted by Gasteiger charge is 2.29. The molecule has 0 aliphatic carbocycles. The minimum absolute atomic E-state index is 0.237. The Bertz CT molecular complexity index is 578. The van der Waals surface area contributed by atoms with E-state index in [9.17, 15) is 29.1 Å². The van der Waals surface area contributed by atoms with E-state index < -0.39 is 66.4 Å². The van der Waals surface area contributed by atoms with Gasteiger partial charge in [0.25, 0.3) is 0 Å². The van der Waals surface area contributed by atoms with Crippen LogP contribution in [0.25, 0.3) is 0 Å². The molecule has 0 fully saturated rings. The lowest BCUT2D eigenvalue weighted by molar-refractivity contribution is -0.145. The summed E-state index contributed by atoms with van der Waals surface area (Å²) in [6.45, 7) is 3.81. The fourth-order valence-corrected chi connectivity index (χ4v) is 1.89. The Kier molecular flexibility index (Phi) is 9.96. The molecule has 0 saturated heterocycles. The predicted molar refractivity (Wildman–Crippen MR) is 91.3 cm³/mol. The van der Waals surface area contributed by atoms with Gasteiger partial charge < -0.3 is 37.0 Å². The number of nitrogens with one attached hydrogen (secondary N) is 3. The molecule has 0 aliphatic rings. The number of carboxylic acids is 2. The van der Waals surface area contributed by atoms with E-state index in [4.69, 9.17) is 15.9 Å². The van der Waals surface area contributed by atoms with Crippen molar-refractivity contribution in [3.8, 4) is 0 Å². The summed E-state index contributed by atoms with van der Waals surface area (Å²) >= 11 is 0. The molecular formula is C15H26N4O8. The van der Waals surface area contributed by atoms with Crippen LogP contribution < -0.4 is 21.7 Å². The van der Waals surface area contributed by atoms with Gasteiger partial charge in [0.1, 0.15) is 12.1 Å². The Labute approximate surface area is 155 Å². The fraction of sp³-hybridized carbons (Fsp3) is 0.667. The highest BCUT2D eigenvalue weighted by Crippen LogP contribution is 2.01. The first kappa shape index (κ1) is 24.3. The number of hydrogen-bond donors (Lipinski definition) is 7. The maximum Gasteiger partial charge on any atom is 0.328 e. The predicted octanol–water partition coefficient (Wildman–Crippen LogP) is -2.86. The molecule has 0 rings (SSSR count). The van der Waals surface area contributed by atoms with E-state index in [1.54, 1.807) is 0 Å². The lowest BCUT2D eigenvalue weighted by Gasteiger charge is -2.23. The van der Waals surface area contributed by atoms with Crippen molar-refractivity contribution in [1.29, 1.82) is 0 Å². The fourth-order valence-electron chi connectivity index (χ4n) is 1.89. The van der Waals surface area contributed by atoms with Crippen molar-refractivity contribution in [1.82, 2.24) is 16.0 Å². The van der Waals surface area contributed by atoms with Crippen LogP contribution in [-0.2, 0) is 24.0 Å². The van der Waals surface area contributed by atoms with Crippen molar-refractivity contribution >= 4 is 29.7 Å². The highest BCUT2D eigenvalue weighted by molar-refractivity contribution is 5.94. The van der Waals surface area contributed by atoms with Gasteiger partial charge in [0, 0.05) is 6.42 Å². The lowest BCUT2D eigenvalue weighted by Crippen LogP contribution is -2.57. The van der Waals surface area contributed by atoms with Crippen LogP contribution in [0.5, 0.6) is 0 Å². The SMILES string of the molecule is CC(N)C(=O)NC(CCC(=O)O)C(=O)NC(C)C(=O)NC(C(=O)O)C(C)O. The lowest BCUT2D eigenvalue weighted by atomic mass is 10.1. The van der Waals surface area contributed by atoms with Crippen molar-refractivity contribution in [3.05, 3.63) is 0 Å². The molecule has 0 radical (unpaired) electrons. The summed E-state index contributed by atoms with van der Waals surface area (Å²) in [4.78, 5) is 57.7. The Morgan fingerprint density at radius 3 is 1.85 bits per heavy atom. The molecule has 154 valence electrons. The summed E-state index contributed by atoms with van der Waals surface area (Å²) in [6, 6.07) is -4.97. The van der Waals surface area contributed by atoms with Gasteiger partial charge in [0.2, 0.25) is 17.7 Å². The molecule has 0 aromatic rings. The number of carbonyl (C=O) groups is 5. The molecule has 0 heterocycles. The van der Waals surface area contributed by atoms with Crippen molar-refractivity contribution in [3.63, 3.8) is 0 Å². The summed E-state index contributed by atoms with van der Waals surface area (Å²) in [5.74, 6) is -5.04. The van der Waals surface area contributed by atoms with Gasteiger partial charge in [-0.05, 0) is 27.2 Å². The highest BCUT2D eigenvalue weighted by atomic mass is 16.4. The van der Waals surface area contributed by atoms with Crippen LogP contribution in [0, 0.1) is 0 Å². The minimum atomic E-state index is -1.57. The molecule has 0 aromatic heterocycles. The first-order valence-corrected chi connectivity index (χ1v) is 8.16. The average Bonchev–Trinajstić information content (AvgIpc) is 2.54. The standard InChI is InChI=1S/C15H26N4O8/c1-6(16)12(23)18-9(4-5-10(21)22)14(25)17-7(2)13(24)19-11(8(3)20)15(26)27/h6-9,11,20H,4-5,16H2,1-3H3,(H,17,25)(H,18,23)(H,19,24)(H,21,22)(H,26,27). The zero-order valence-electron chi connectivity index (χ0n) is 15.3. The zero-order chi connectivity index (χ0) is 21.3. The largest absolute Gasteiger partial charge is 0.481 e. The number of aliphatic carboxylic acids is 2. The van der Waals surface area contributed by atoms with Gasteiger partial charge in [-0.2, -0.15) is 0 Å². The Morgan fingerprint density at radius 2 is 1.44 bits per heavy atom. The van der Waals surface area contributed by atoms with Gasteiger partial charge in [0.05, 0.1) is 12.1 Å². The number of carbonyl (C=O) groups excluding carboxylic acids is 3. The molecule has 5 unspecified atom stereocenters. The van der Waals surface area contributed by atoms with Crippen molar-refractivity contribution in [2.24, 2.45) is 5.73 Å². The maximum atomic E-state index is 12.3. The second-order valence-corrected chi connectivity index (χ2v) is 6.08. The number of aliphatic hydroxyl groups is 1. The molecule has 12 nitrogen and oxygen atoms in total. The van der Waals surface area contributed by atoms with Gasteiger partial charge >= 0.3 is 11.9 Å². The second-order valence-electron chi connectivity index (χ2n) is 6.08. The van der Waals surface area contributed by atoms with Gasteiger partial charge in [-0.25, -0.2) is 4.79 Å². The summed E-state index contributed by atoms with van der Waals surface area (Å²) in [7, 11) is 0. The summed E-state index contributed by atoms with van der Waals surface area (Å²) in [5.41, 5.74) is 5.40. The van der Waals surface area contributed by atoms with Crippen LogP contribution in [0.1, 0.15) is 33.6 Å². The molecule has 5 atom stereocenters. The third-order valence-electron chi connectivity index (χ3n) is 3.49. The molecule has 12 heteroatoms. The third kappa shape index (κ3) is 8.96. The normalized spacial score (nSPS) is 16.2. The Balaban J connectivity index is 5.00. The number of carboxylic acid groups (broad SMARTS) is 2. The van der Waals surface area contributed by atoms with Gasteiger partial charge in [-0.3, -0.25) is 19.2 Å². The van der Waals surface area contributed by atoms with E-state index in [0.717, 1.165) is 0 Å². The summed E-state index contributed by atoms with van der Waals surface area (Å²) in [5, 5.41) is 33.7. The monoisotopic (exact) mass is 390 g/mol. The van der Waals surface area contributed by atoms with Crippen LogP contribution in [0.4, 0.5) is 0 Å². The maximum absolute atomic E-state index is 12.3. The van der Waals surface area contributed by atoms with E-state index in [1.165, 1.54) is 20.8 Å². The molecule has 0 spiro atoms.